The molecule has 0 saturated carbocycles. The van der Waals surface area contributed by atoms with Gasteiger partial charge in [0.2, 0.25) is 0 Å². The first-order valence-corrected chi connectivity index (χ1v) is 4.60. The quantitative estimate of drug-likeness (QED) is 0.587. The van der Waals surface area contributed by atoms with Crippen LogP contribution in [0.3, 0.4) is 0 Å². The molecule has 2 N–H and O–H groups in total. The summed E-state index contributed by atoms with van der Waals surface area (Å²) in [4.78, 5) is 12.6. The Morgan fingerprint density at radius 3 is 2.54 bits per heavy atom. The summed E-state index contributed by atoms with van der Waals surface area (Å²) in [5.74, 6) is -0.704. The van der Waals surface area contributed by atoms with Crippen molar-refractivity contribution < 1.29 is 9.90 Å². The summed E-state index contributed by atoms with van der Waals surface area (Å²) in [6.45, 7) is 4.62. The van der Waals surface area contributed by atoms with Crippen LogP contribution < -0.4 is 5.32 Å². The minimum atomic E-state index is -0.704. The van der Waals surface area contributed by atoms with Gasteiger partial charge in [-0.2, -0.15) is 0 Å². The van der Waals surface area contributed by atoms with E-state index in [9.17, 15) is 4.79 Å². The summed E-state index contributed by atoms with van der Waals surface area (Å²) < 4.78 is 0. The fourth-order valence-electron chi connectivity index (χ4n) is 1.96. The van der Waals surface area contributed by atoms with Crippen molar-refractivity contribution >= 4 is 5.97 Å². The fraction of sp³-hybridized carbons (Fsp3) is 0.667. The van der Waals surface area contributed by atoms with Crippen LogP contribution in [0.4, 0.5) is 0 Å². The number of nitrogens with one attached hydrogen (secondary N) is 1. The van der Waals surface area contributed by atoms with Crippen molar-refractivity contribution in [3.8, 4) is 0 Å². The SMILES string of the molecule is O=C(O)CCN1CC2=C(CNC2)C1. The van der Waals surface area contributed by atoms with E-state index in [0.717, 1.165) is 26.2 Å². The molecule has 0 radical (unpaired) electrons. The number of nitrogens with zero attached hydrogens (tertiary/aromatic N) is 1. The van der Waals surface area contributed by atoms with Gasteiger partial charge in [0, 0.05) is 32.7 Å². The number of hydrogen-bond acceptors (Lipinski definition) is 3. The highest BCUT2D eigenvalue weighted by atomic mass is 16.4. The van der Waals surface area contributed by atoms with Gasteiger partial charge in [-0.15, -0.1) is 0 Å². The van der Waals surface area contributed by atoms with Gasteiger partial charge in [0.1, 0.15) is 0 Å². The highest BCUT2D eigenvalue weighted by Crippen LogP contribution is 2.19. The average molecular weight is 182 g/mol. The zero-order valence-electron chi connectivity index (χ0n) is 7.55. The second-order valence-corrected chi connectivity index (χ2v) is 3.67. The van der Waals surface area contributed by atoms with Crippen LogP contribution in [-0.4, -0.2) is 48.7 Å². The van der Waals surface area contributed by atoms with Gasteiger partial charge in [-0.1, -0.05) is 0 Å². The molecule has 2 aliphatic rings. The predicted molar refractivity (Wildman–Crippen MR) is 48.6 cm³/mol. The first-order chi connectivity index (χ1) is 6.25. The number of hydrogen-bond donors (Lipinski definition) is 2. The Morgan fingerprint density at radius 1 is 1.38 bits per heavy atom. The highest BCUT2D eigenvalue weighted by Gasteiger charge is 2.24. The Kier molecular flexibility index (Phi) is 2.33. The first-order valence-electron chi connectivity index (χ1n) is 4.60. The zero-order valence-corrected chi connectivity index (χ0v) is 7.55. The number of aliphatic carboxylic acids is 1. The lowest BCUT2D eigenvalue weighted by molar-refractivity contribution is -0.137. The lowest BCUT2D eigenvalue weighted by Gasteiger charge is -2.15. The number of carboxylic acids is 1. The van der Waals surface area contributed by atoms with Crippen LogP contribution in [0, 0.1) is 0 Å². The Hall–Kier alpha value is -0.870. The van der Waals surface area contributed by atoms with Crippen molar-refractivity contribution in [1.29, 1.82) is 0 Å². The number of carbonyl (C=O) groups is 1. The topological polar surface area (TPSA) is 52.6 Å². The van der Waals surface area contributed by atoms with E-state index >= 15 is 0 Å². The van der Waals surface area contributed by atoms with Crippen LogP contribution in [0.25, 0.3) is 0 Å². The van der Waals surface area contributed by atoms with Crippen molar-refractivity contribution in [1.82, 2.24) is 10.2 Å². The van der Waals surface area contributed by atoms with Crippen LogP contribution in [0.5, 0.6) is 0 Å². The van der Waals surface area contributed by atoms with Gasteiger partial charge in [0.05, 0.1) is 6.42 Å². The minimum Gasteiger partial charge on any atom is -0.481 e. The summed E-state index contributed by atoms with van der Waals surface area (Å²) in [5, 5.41) is 11.8. The molecule has 0 unspecified atom stereocenters. The van der Waals surface area contributed by atoms with E-state index < -0.39 is 5.97 Å². The summed E-state index contributed by atoms with van der Waals surface area (Å²) in [5.41, 5.74) is 2.95. The smallest absolute Gasteiger partial charge is 0.304 e. The Labute approximate surface area is 77.2 Å². The lowest BCUT2D eigenvalue weighted by atomic mass is 10.2. The third-order valence-corrected chi connectivity index (χ3v) is 2.65. The average Bonchev–Trinajstić information content (AvgIpc) is 2.58. The highest BCUT2D eigenvalue weighted by molar-refractivity contribution is 5.66. The second kappa shape index (κ2) is 3.47. The van der Waals surface area contributed by atoms with Crippen LogP contribution in [-0.2, 0) is 4.79 Å². The van der Waals surface area contributed by atoms with E-state index in [-0.39, 0.29) is 6.42 Å². The summed E-state index contributed by atoms with van der Waals surface area (Å²) in [6, 6.07) is 0. The predicted octanol–water partition coefficient (Wildman–Crippen LogP) is -0.324. The van der Waals surface area contributed by atoms with Gasteiger partial charge < -0.3 is 10.4 Å². The zero-order chi connectivity index (χ0) is 9.26. The maximum absolute atomic E-state index is 10.3. The summed E-state index contributed by atoms with van der Waals surface area (Å²) in [7, 11) is 0. The molecule has 0 fully saturated rings. The monoisotopic (exact) mass is 182 g/mol. The molecule has 0 aromatic heterocycles. The second-order valence-electron chi connectivity index (χ2n) is 3.67. The molecule has 0 aromatic carbocycles. The molecule has 0 aromatic rings. The van der Waals surface area contributed by atoms with Crippen molar-refractivity contribution in [3.05, 3.63) is 11.1 Å². The lowest BCUT2D eigenvalue weighted by Crippen LogP contribution is -2.28. The molecule has 0 amide bonds. The van der Waals surface area contributed by atoms with E-state index in [1.54, 1.807) is 0 Å². The van der Waals surface area contributed by atoms with Gasteiger partial charge in [-0.3, -0.25) is 9.69 Å². The molecule has 0 aliphatic carbocycles. The molecule has 0 saturated heterocycles. The molecule has 0 bridgehead atoms. The van der Waals surface area contributed by atoms with Crippen molar-refractivity contribution in [2.24, 2.45) is 0 Å². The van der Waals surface area contributed by atoms with Crippen molar-refractivity contribution in [2.75, 3.05) is 32.7 Å². The number of carboxylic acid groups (broad SMARTS) is 1. The van der Waals surface area contributed by atoms with E-state index in [1.807, 2.05) is 0 Å². The van der Waals surface area contributed by atoms with Gasteiger partial charge >= 0.3 is 5.97 Å². The Balaban J connectivity index is 1.79. The largest absolute Gasteiger partial charge is 0.481 e. The molecule has 4 heteroatoms. The summed E-state index contributed by atoms with van der Waals surface area (Å²) >= 11 is 0. The van der Waals surface area contributed by atoms with E-state index in [2.05, 4.69) is 10.2 Å². The van der Waals surface area contributed by atoms with E-state index in [4.69, 9.17) is 5.11 Å². The van der Waals surface area contributed by atoms with Gasteiger partial charge in [0.15, 0.2) is 0 Å². The van der Waals surface area contributed by atoms with Crippen LogP contribution in [0.1, 0.15) is 6.42 Å². The van der Waals surface area contributed by atoms with Gasteiger partial charge in [0.25, 0.3) is 0 Å². The molecule has 0 atom stereocenters. The molecule has 72 valence electrons. The van der Waals surface area contributed by atoms with Crippen LogP contribution in [0.2, 0.25) is 0 Å². The maximum atomic E-state index is 10.3. The summed E-state index contributed by atoms with van der Waals surface area (Å²) in [6.07, 6.45) is 0.258. The molecule has 13 heavy (non-hydrogen) atoms. The minimum absolute atomic E-state index is 0.258. The molecular formula is C9H14N2O2. The van der Waals surface area contributed by atoms with E-state index in [1.165, 1.54) is 11.1 Å². The Morgan fingerprint density at radius 2 is 2.00 bits per heavy atom. The third-order valence-electron chi connectivity index (χ3n) is 2.65. The number of rotatable bonds is 3. The van der Waals surface area contributed by atoms with Crippen LogP contribution in [0.15, 0.2) is 11.1 Å². The first kappa shape index (κ1) is 8.72. The van der Waals surface area contributed by atoms with Crippen molar-refractivity contribution in [3.63, 3.8) is 0 Å². The standard InChI is InChI=1S/C9H14N2O2/c12-9(13)1-2-11-5-7-3-10-4-8(7)6-11/h10H,1-6H2,(H,12,13). The molecule has 2 heterocycles. The van der Waals surface area contributed by atoms with Gasteiger partial charge in [-0.25, -0.2) is 0 Å². The maximum Gasteiger partial charge on any atom is 0.304 e. The fourth-order valence-corrected chi connectivity index (χ4v) is 1.96. The molecule has 4 nitrogen and oxygen atoms in total. The molecule has 2 rings (SSSR count). The van der Waals surface area contributed by atoms with Gasteiger partial charge in [-0.05, 0) is 11.1 Å². The molecule has 2 aliphatic heterocycles. The molecule has 0 spiro atoms. The van der Waals surface area contributed by atoms with Crippen molar-refractivity contribution in [2.45, 2.75) is 6.42 Å². The molecular weight excluding hydrogens is 168 g/mol. The normalized spacial score (nSPS) is 22.5. The van der Waals surface area contributed by atoms with E-state index in [0.29, 0.717) is 6.54 Å². The Bertz CT molecular complexity index is 244. The third kappa shape index (κ3) is 1.89. The van der Waals surface area contributed by atoms with Crippen LogP contribution >= 0.6 is 0 Å².